The van der Waals surface area contributed by atoms with Crippen molar-refractivity contribution in [3.8, 4) is 23.0 Å². The molecule has 1 amide bonds. The van der Waals surface area contributed by atoms with Gasteiger partial charge in [-0.25, -0.2) is 0 Å². The Labute approximate surface area is 213 Å². The minimum atomic E-state index is -0.884. The van der Waals surface area contributed by atoms with Gasteiger partial charge < -0.3 is 24.1 Å². The van der Waals surface area contributed by atoms with E-state index in [1.807, 2.05) is 6.07 Å². The van der Waals surface area contributed by atoms with Crippen molar-refractivity contribution in [3.63, 3.8) is 0 Å². The van der Waals surface area contributed by atoms with Crippen molar-refractivity contribution in [3.05, 3.63) is 82.9 Å². The van der Waals surface area contributed by atoms with Crippen molar-refractivity contribution < 1.29 is 33.6 Å². The van der Waals surface area contributed by atoms with Crippen LogP contribution in [0.3, 0.4) is 0 Å². The summed E-state index contributed by atoms with van der Waals surface area (Å²) in [6, 6.07) is 16.7. The maximum atomic E-state index is 13.5. The smallest absolute Gasteiger partial charge is 0.300 e. The fourth-order valence-corrected chi connectivity index (χ4v) is 5.07. The third kappa shape index (κ3) is 3.94. The lowest BCUT2D eigenvalue weighted by Crippen LogP contribution is -2.29. The summed E-state index contributed by atoms with van der Waals surface area (Å²) in [6.45, 7) is 1.47. The molecule has 0 aliphatic carbocycles. The maximum Gasteiger partial charge on any atom is 0.300 e. The molecule has 0 spiro atoms. The van der Waals surface area contributed by atoms with Gasteiger partial charge in [-0.3, -0.25) is 14.5 Å². The van der Waals surface area contributed by atoms with Gasteiger partial charge in [0.15, 0.2) is 11.5 Å². The molecule has 1 saturated heterocycles. The van der Waals surface area contributed by atoms with Gasteiger partial charge in [0.05, 0.1) is 25.3 Å². The predicted octanol–water partition coefficient (Wildman–Crippen LogP) is 4.42. The highest BCUT2D eigenvalue weighted by Gasteiger charge is 2.47. The molecule has 0 aromatic heterocycles. The number of ketones is 1. The summed E-state index contributed by atoms with van der Waals surface area (Å²) in [5.74, 6) is 0.645. The van der Waals surface area contributed by atoms with Gasteiger partial charge in [0.1, 0.15) is 30.5 Å². The lowest BCUT2D eigenvalue weighted by molar-refractivity contribution is -0.132. The van der Waals surface area contributed by atoms with Crippen LogP contribution < -0.4 is 23.8 Å². The predicted molar refractivity (Wildman–Crippen MR) is 135 cm³/mol. The molecule has 188 valence electrons. The molecule has 0 radical (unpaired) electrons. The molecule has 1 N–H and O–H groups in total. The van der Waals surface area contributed by atoms with E-state index in [0.29, 0.717) is 53.9 Å². The second-order valence-electron chi connectivity index (χ2n) is 9.05. The molecule has 0 saturated carbocycles. The van der Waals surface area contributed by atoms with Gasteiger partial charge in [-0.15, -0.1) is 0 Å². The first-order valence-electron chi connectivity index (χ1n) is 12.2. The lowest BCUT2D eigenvalue weighted by Gasteiger charge is -2.27. The highest BCUT2D eigenvalue weighted by Crippen LogP contribution is 2.45. The summed E-state index contributed by atoms with van der Waals surface area (Å²) >= 11 is 0. The van der Waals surface area contributed by atoms with Crippen LogP contribution in [0.4, 0.5) is 5.69 Å². The van der Waals surface area contributed by atoms with Crippen LogP contribution in [-0.4, -0.2) is 43.7 Å². The number of Topliss-reactive ketones (excluding diaryl/α,β-unsaturated/α-hetero) is 1. The van der Waals surface area contributed by atoms with Crippen molar-refractivity contribution in [2.45, 2.75) is 18.9 Å². The molecule has 1 fully saturated rings. The van der Waals surface area contributed by atoms with E-state index in [1.165, 1.54) is 4.90 Å². The number of nitrogens with zero attached hydrogens (tertiary/aromatic N) is 1. The standard InChI is InChI=1S/C29H25NO7/c1-34-21-6-2-4-18(15-21)26-25(27(31)19-7-9-22-17(14-19)5-3-11-35-22)28(32)29(33)30(26)20-8-10-23-24(16-20)37-13-12-36-23/h2,4,6-10,14-16,26,31H,3,5,11-13H2,1H3/b27-25+. The SMILES string of the molecule is COc1cccc(C2/C(=C(\O)c3ccc4c(c3)CCCO4)C(=O)C(=O)N2c2ccc3c(c2)OCCO3)c1. The highest BCUT2D eigenvalue weighted by molar-refractivity contribution is 6.51. The molecule has 1 atom stereocenters. The lowest BCUT2D eigenvalue weighted by atomic mass is 9.93. The second-order valence-corrected chi connectivity index (χ2v) is 9.05. The van der Waals surface area contributed by atoms with E-state index in [2.05, 4.69) is 0 Å². The van der Waals surface area contributed by atoms with Crippen molar-refractivity contribution in [1.29, 1.82) is 0 Å². The van der Waals surface area contributed by atoms with Crippen LogP contribution in [0.5, 0.6) is 23.0 Å². The minimum Gasteiger partial charge on any atom is -0.507 e. The zero-order valence-corrected chi connectivity index (χ0v) is 20.2. The normalized spacial score (nSPS) is 19.8. The van der Waals surface area contributed by atoms with E-state index in [4.69, 9.17) is 18.9 Å². The number of hydrogen-bond donors (Lipinski definition) is 1. The largest absolute Gasteiger partial charge is 0.507 e. The van der Waals surface area contributed by atoms with Gasteiger partial charge >= 0.3 is 0 Å². The zero-order valence-electron chi connectivity index (χ0n) is 20.2. The Morgan fingerprint density at radius 2 is 1.70 bits per heavy atom. The number of methoxy groups -OCH3 is 1. The molecule has 3 aliphatic heterocycles. The Balaban J connectivity index is 1.52. The fourth-order valence-electron chi connectivity index (χ4n) is 5.07. The molecular weight excluding hydrogens is 474 g/mol. The average molecular weight is 500 g/mol. The van der Waals surface area contributed by atoms with Crippen molar-refractivity contribution >= 4 is 23.1 Å². The Hall–Kier alpha value is -4.46. The summed E-state index contributed by atoms with van der Waals surface area (Å²) in [5.41, 5.74) is 2.49. The van der Waals surface area contributed by atoms with Gasteiger partial charge in [0.2, 0.25) is 0 Å². The van der Waals surface area contributed by atoms with Crippen molar-refractivity contribution in [1.82, 2.24) is 0 Å². The minimum absolute atomic E-state index is 0.00446. The molecule has 37 heavy (non-hydrogen) atoms. The number of aryl methyl sites for hydroxylation is 1. The molecule has 0 bridgehead atoms. The number of carbonyl (C=O) groups excluding carboxylic acids is 2. The number of fused-ring (bicyclic) bond motifs is 2. The Morgan fingerprint density at radius 1 is 0.919 bits per heavy atom. The molecule has 1 unspecified atom stereocenters. The molecular formula is C29H25NO7. The number of aliphatic hydroxyl groups is 1. The molecule has 3 aliphatic rings. The number of hydrogen-bond acceptors (Lipinski definition) is 7. The van der Waals surface area contributed by atoms with E-state index in [-0.39, 0.29) is 11.3 Å². The van der Waals surface area contributed by atoms with Crippen LogP contribution in [0.15, 0.2) is 66.2 Å². The van der Waals surface area contributed by atoms with Gasteiger partial charge in [-0.05, 0) is 66.4 Å². The molecule has 8 nitrogen and oxygen atoms in total. The quantitative estimate of drug-likeness (QED) is 0.323. The summed E-state index contributed by atoms with van der Waals surface area (Å²) in [6.07, 6.45) is 1.68. The number of ether oxygens (including phenoxy) is 4. The van der Waals surface area contributed by atoms with Crippen LogP contribution in [0.1, 0.15) is 29.2 Å². The first-order valence-corrected chi connectivity index (χ1v) is 12.2. The first kappa shape index (κ1) is 23.0. The van der Waals surface area contributed by atoms with Gasteiger partial charge in [0.25, 0.3) is 11.7 Å². The Morgan fingerprint density at radius 3 is 2.54 bits per heavy atom. The number of rotatable bonds is 4. The average Bonchev–Trinajstić information content (AvgIpc) is 3.22. The van der Waals surface area contributed by atoms with E-state index >= 15 is 0 Å². The van der Waals surface area contributed by atoms with Gasteiger partial charge in [0, 0.05) is 17.3 Å². The third-order valence-corrected chi connectivity index (χ3v) is 6.84. The van der Waals surface area contributed by atoms with Crippen molar-refractivity contribution in [2.24, 2.45) is 0 Å². The third-order valence-electron chi connectivity index (χ3n) is 6.84. The van der Waals surface area contributed by atoms with Crippen LogP contribution in [0.25, 0.3) is 5.76 Å². The van der Waals surface area contributed by atoms with Crippen LogP contribution in [0, 0.1) is 0 Å². The molecule has 6 rings (SSSR count). The monoisotopic (exact) mass is 499 g/mol. The molecule has 8 heteroatoms. The van der Waals surface area contributed by atoms with E-state index < -0.39 is 17.7 Å². The number of carbonyl (C=O) groups is 2. The highest BCUT2D eigenvalue weighted by atomic mass is 16.6. The van der Waals surface area contributed by atoms with Crippen LogP contribution in [-0.2, 0) is 16.0 Å². The van der Waals surface area contributed by atoms with E-state index in [0.717, 1.165) is 24.2 Å². The number of amides is 1. The number of anilines is 1. The molecule has 3 aromatic carbocycles. The summed E-state index contributed by atoms with van der Waals surface area (Å²) in [5, 5.41) is 11.5. The summed E-state index contributed by atoms with van der Waals surface area (Å²) < 4.78 is 22.4. The van der Waals surface area contributed by atoms with Crippen LogP contribution >= 0.6 is 0 Å². The Kier molecular flexibility index (Phi) is 5.71. The Bertz CT molecular complexity index is 1440. The molecule has 3 aromatic rings. The zero-order chi connectivity index (χ0) is 25.5. The fraction of sp³-hybridized carbons (Fsp3) is 0.241. The van der Waals surface area contributed by atoms with Gasteiger partial charge in [-0.1, -0.05) is 12.1 Å². The summed E-state index contributed by atoms with van der Waals surface area (Å²) in [7, 11) is 1.55. The maximum absolute atomic E-state index is 13.5. The first-order chi connectivity index (χ1) is 18.0. The topological polar surface area (TPSA) is 94.5 Å². The van der Waals surface area contributed by atoms with E-state index in [9.17, 15) is 14.7 Å². The van der Waals surface area contributed by atoms with Crippen molar-refractivity contribution in [2.75, 3.05) is 31.8 Å². The second kappa shape index (κ2) is 9.20. The number of aliphatic hydroxyl groups excluding tert-OH is 1. The molecule has 3 heterocycles. The summed E-state index contributed by atoms with van der Waals surface area (Å²) in [4.78, 5) is 28.4. The number of benzene rings is 3. The van der Waals surface area contributed by atoms with Gasteiger partial charge in [-0.2, -0.15) is 0 Å². The van der Waals surface area contributed by atoms with E-state index in [1.54, 1.807) is 61.7 Å². The van der Waals surface area contributed by atoms with Crippen LogP contribution in [0.2, 0.25) is 0 Å².